The minimum atomic E-state index is -1.89. The fourth-order valence-electron chi connectivity index (χ4n) is 3.98. The molecule has 0 aliphatic carbocycles. The Morgan fingerprint density at radius 1 is 1.03 bits per heavy atom. The van der Waals surface area contributed by atoms with Crippen LogP contribution < -0.4 is 10.5 Å². The molecule has 0 bridgehead atoms. The fraction of sp³-hybridized carbons (Fsp3) is 0.130. The molecular formula is C23H16F2N4O3. The molecule has 2 N–H and O–H groups in total. The molecule has 1 unspecified atom stereocenters. The number of nitrogens with one attached hydrogen (secondary N) is 1. The largest absolute Gasteiger partial charge is 0.375 e. The molecule has 1 aliphatic heterocycles. The molecule has 1 aliphatic rings. The van der Waals surface area contributed by atoms with Gasteiger partial charge in [-0.25, -0.2) is 18.9 Å². The Kier molecular flexibility index (Phi) is 4.38. The average Bonchev–Trinajstić information content (AvgIpc) is 2.96. The van der Waals surface area contributed by atoms with Crippen molar-refractivity contribution >= 4 is 28.2 Å². The van der Waals surface area contributed by atoms with Gasteiger partial charge in [0, 0.05) is 23.6 Å². The number of rotatable bonds is 3. The monoisotopic (exact) mass is 434 g/mol. The summed E-state index contributed by atoms with van der Waals surface area (Å²) in [6.45, 7) is 1.31. The quantitative estimate of drug-likeness (QED) is 0.516. The summed E-state index contributed by atoms with van der Waals surface area (Å²) in [6.07, 6.45) is 1.77. The van der Waals surface area contributed by atoms with Crippen LogP contribution in [0.1, 0.15) is 23.7 Å². The van der Waals surface area contributed by atoms with Crippen molar-refractivity contribution in [2.24, 2.45) is 0 Å². The zero-order valence-corrected chi connectivity index (χ0v) is 16.8. The summed E-state index contributed by atoms with van der Waals surface area (Å²) in [6, 6.07) is 11.0. The van der Waals surface area contributed by atoms with Crippen molar-refractivity contribution in [3.05, 3.63) is 93.5 Å². The van der Waals surface area contributed by atoms with Crippen molar-refractivity contribution in [3.8, 4) is 0 Å². The predicted molar refractivity (Wildman–Crippen MR) is 112 cm³/mol. The maximum Gasteiger partial charge on any atom is 0.272 e. The van der Waals surface area contributed by atoms with Gasteiger partial charge >= 0.3 is 0 Å². The first-order chi connectivity index (χ1) is 15.3. The van der Waals surface area contributed by atoms with Crippen LogP contribution in [0.25, 0.3) is 10.8 Å². The van der Waals surface area contributed by atoms with Crippen LogP contribution in [0.15, 0.2) is 59.5 Å². The smallest absolute Gasteiger partial charge is 0.272 e. The van der Waals surface area contributed by atoms with E-state index in [9.17, 15) is 23.5 Å². The van der Waals surface area contributed by atoms with Crippen LogP contribution in [-0.4, -0.2) is 26.2 Å². The molecule has 2 aromatic heterocycles. The third-order valence-electron chi connectivity index (χ3n) is 5.58. The topological polar surface area (TPSA) is 99.2 Å². The number of aliphatic hydroxyl groups is 1. The second-order valence-electron chi connectivity index (χ2n) is 7.76. The summed E-state index contributed by atoms with van der Waals surface area (Å²) in [4.78, 5) is 30.5. The van der Waals surface area contributed by atoms with E-state index in [-0.39, 0.29) is 23.2 Å². The van der Waals surface area contributed by atoms with Crippen molar-refractivity contribution in [2.45, 2.75) is 18.9 Å². The second kappa shape index (κ2) is 7.03. The van der Waals surface area contributed by atoms with Gasteiger partial charge in [-0.3, -0.25) is 14.5 Å². The summed E-state index contributed by atoms with van der Waals surface area (Å²) in [5.41, 5.74) is -0.663. The van der Waals surface area contributed by atoms with Gasteiger partial charge in [0.25, 0.3) is 11.5 Å². The van der Waals surface area contributed by atoms with E-state index >= 15 is 0 Å². The molecule has 0 saturated carbocycles. The number of H-pyrrole nitrogens is 1. The van der Waals surface area contributed by atoms with E-state index in [0.29, 0.717) is 22.3 Å². The van der Waals surface area contributed by atoms with Crippen LogP contribution >= 0.6 is 0 Å². The van der Waals surface area contributed by atoms with Crippen LogP contribution in [0.5, 0.6) is 0 Å². The number of halogens is 2. The molecule has 7 nitrogen and oxygen atoms in total. The Morgan fingerprint density at radius 3 is 2.59 bits per heavy atom. The molecule has 9 heteroatoms. The van der Waals surface area contributed by atoms with E-state index in [2.05, 4.69) is 15.2 Å². The van der Waals surface area contributed by atoms with Crippen molar-refractivity contribution in [1.82, 2.24) is 15.2 Å². The number of amides is 1. The first kappa shape index (κ1) is 20.0. The number of nitrogens with zero attached hydrogens (tertiary/aromatic N) is 3. The number of fused-ring (bicyclic) bond motifs is 2. The Labute approximate surface area is 180 Å². The molecule has 2 aromatic carbocycles. The van der Waals surface area contributed by atoms with Crippen LogP contribution in [0.2, 0.25) is 0 Å². The van der Waals surface area contributed by atoms with Gasteiger partial charge in [-0.1, -0.05) is 0 Å². The molecule has 0 fully saturated rings. The lowest BCUT2D eigenvalue weighted by Gasteiger charge is -2.19. The van der Waals surface area contributed by atoms with E-state index in [4.69, 9.17) is 0 Å². The molecule has 1 atom stereocenters. The van der Waals surface area contributed by atoms with Gasteiger partial charge < -0.3 is 5.11 Å². The van der Waals surface area contributed by atoms with Crippen LogP contribution in [0.3, 0.4) is 0 Å². The van der Waals surface area contributed by atoms with E-state index in [1.807, 2.05) is 0 Å². The third-order valence-corrected chi connectivity index (χ3v) is 5.58. The summed E-state index contributed by atoms with van der Waals surface area (Å²) in [5, 5.41) is 17.9. The lowest BCUT2D eigenvalue weighted by Crippen LogP contribution is -2.35. The summed E-state index contributed by atoms with van der Waals surface area (Å²) in [7, 11) is 0. The first-order valence-corrected chi connectivity index (χ1v) is 9.74. The van der Waals surface area contributed by atoms with E-state index in [0.717, 1.165) is 12.1 Å². The third kappa shape index (κ3) is 3.05. The highest BCUT2D eigenvalue weighted by Crippen LogP contribution is 2.43. The van der Waals surface area contributed by atoms with Crippen molar-refractivity contribution in [3.63, 3.8) is 0 Å². The second-order valence-corrected chi connectivity index (χ2v) is 7.76. The highest BCUT2D eigenvalue weighted by molar-refractivity contribution is 6.11. The fourth-order valence-corrected chi connectivity index (χ4v) is 3.98. The van der Waals surface area contributed by atoms with Crippen molar-refractivity contribution < 1.29 is 18.7 Å². The SMILES string of the molecule is CC1(O)C(=O)N(c2cc(Cc3n[nH]c(=O)c4cc(F)ccc34)ccn2)c2ccc(F)cc21. The summed E-state index contributed by atoms with van der Waals surface area (Å²) >= 11 is 0. The Bertz CT molecular complexity index is 1470. The maximum atomic E-state index is 13.7. The molecule has 0 saturated heterocycles. The highest BCUT2D eigenvalue weighted by Gasteiger charge is 2.47. The summed E-state index contributed by atoms with van der Waals surface area (Å²) < 4.78 is 27.3. The average molecular weight is 434 g/mol. The van der Waals surface area contributed by atoms with Crippen molar-refractivity contribution in [1.29, 1.82) is 0 Å². The molecule has 0 spiro atoms. The van der Waals surface area contributed by atoms with Gasteiger partial charge in [0.05, 0.1) is 16.8 Å². The molecule has 4 aromatic rings. The van der Waals surface area contributed by atoms with Crippen LogP contribution in [0, 0.1) is 11.6 Å². The van der Waals surface area contributed by atoms with Crippen LogP contribution in [0.4, 0.5) is 20.3 Å². The number of benzene rings is 2. The zero-order valence-electron chi connectivity index (χ0n) is 16.8. The predicted octanol–water partition coefficient (Wildman–Crippen LogP) is 3.07. The van der Waals surface area contributed by atoms with Gasteiger partial charge in [-0.15, -0.1) is 0 Å². The van der Waals surface area contributed by atoms with E-state index in [1.165, 1.54) is 42.3 Å². The number of anilines is 2. The van der Waals surface area contributed by atoms with Gasteiger partial charge in [-0.2, -0.15) is 5.10 Å². The molecule has 0 radical (unpaired) electrons. The number of hydrogen-bond acceptors (Lipinski definition) is 5. The molecule has 32 heavy (non-hydrogen) atoms. The zero-order chi connectivity index (χ0) is 22.6. The van der Waals surface area contributed by atoms with Gasteiger partial charge in [0.1, 0.15) is 17.5 Å². The Balaban J connectivity index is 1.56. The Morgan fingerprint density at radius 2 is 1.78 bits per heavy atom. The van der Waals surface area contributed by atoms with Gasteiger partial charge in [-0.05, 0) is 61.0 Å². The molecule has 3 heterocycles. The number of hydrogen-bond donors (Lipinski definition) is 2. The summed E-state index contributed by atoms with van der Waals surface area (Å²) in [5.74, 6) is -1.49. The minimum Gasteiger partial charge on any atom is -0.375 e. The lowest BCUT2D eigenvalue weighted by atomic mass is 9.98. The van der Waals surface area contributed by atoms with Crippen molar-refractivity contribution in [2.75, 3.05) is 4.90 Å². The molecular weight excluding hydrogens is 418 g/mol. The number of aromatic amines is 1. The van der Waals surface area contributed by atoms with E-state index < -0.39 is 28.7 Å². The maximum absolute atomic E-state index is 13.7. The molecule has 5 rings (SSSR count). The standard InChI is InChI=1S/C23H16F2N4O3/c1-23(32)17-11-14(25)3-5-19(17)29(22(23)31)20-9-12(6-7-26-20)8-18-15-4-2-13(24)10-16(15)21(30)28-27-18/h2-7,9-11,32H,8H2,1H3,(H,28,30). The number of pyridine rings is 1. The van der Waals surface area contributed by atoms with Crippen LogP contribution in [-0.2, 0) is 16.8 Å². The number of carbonyl (C=O) groups is 1. The molecule has 160 valence electrons. The normalized spacial score (nSPS) is 17.8. The van der Waals surface area contributed by atoms with E-state index in [1.54, 1.807) is 12.1 Å². The molecule has 1 amide bonds. The minimum absolute atomic E-state index is 0.157. The first-order valence-electron chi connectivity index (χ1n) is 9.74. The van der Waals surface area contributed by atoms with Gasteiger partial charge in [0.15, 0.2) is 5.60 Å². The lowest BCUT2D eigenvalue weighted by molar-refractivity contribution is -0.133. The Hall–Kier alpha value is -3.98. The number of carbonyl (C=O) groups excluding carboxylic acids is 1. The number of aromatic nitrogens is 3. The van der Waals surface area contributed by atoms with Gasteiger partial charge in [0.2, 0.25) is 0 Å². The highest BCUT2D eigenvalue weighted by atomic mass is 19.1.